The lowest BCUT2D eigenvalue weighted by molar-refractivity contribution is 0.621. The van der Waals surface area contributed by atoms with Gasteiger partial charge >= 0.3 is 0 Å². The van der Waals surface area contributed by atoms with Gasteiger partial charge in [0.2, 0.25) is 0 Å². The Morgan fingerprint density at radius 3 is 3.00 bits per heavy atom. The Labute approximate surface area is 95.8 Å². The Bertz CT molecular complexity index is 309. The van der Waals surface area contributed by atoms with Crippen LogP contribution in [0, 0.1) is 5.82 Å². The third kappa shape index (κ3) is 3.46. The van der Waals surface area contributed by atoms with Gasteiger partial charge in [-0.2, -0.15) is 11.8 Å². The second kappa shape index (κ2) is 5.56. The summed E-state index contributed by atoms with van der Waals surface area (Å²) in [4.78, 5) is 3.96. The summed E-state index contributed by atoms with van der Waals surface area (Å²) >= 11 is 4.87. The zero-order valence-electron chi connectivity index (χ0n) is 8.05. The first kappa shape index (κ1) is 11.8. The van der Waals surface area contributed by atoms with E-state index in [9.17, 15) is 4.39 Å². The SMILES string of the molecule is CSCC(C)Nc1ncc(Br)cc1F. The summed E-state index contributed by atoms with van der Waals surface area (Å²) in [5.74, 6) is 0.916. The van der Waals surface area contributed by atoms with Gasteiger partial charge in [-0.25, -0.2) is 9.37 Å². The summed E-state index contributed by atoms with van der Waals surface area (Å²) in [6.45, 7) is 2.00. The number of rotatable bonds is 4. The molecule has 0 aliphatic rings. The maximum Gasteiger partial charge on any atom is 0.166 e. The largest absolute Gasteiger partial charge is 0.364 e. The average Bonchev–Trinajstić information content (AvgIpc) is 2.10. The lowest BCUT2D eigenvalue weighted by atomic mass is 10.3. The summed E-state index contributed by atoms with van der Waals surface area (Å²) in [7, 11) is 0. The molecule has 5 heteroatoms. The molecule has 0 amide bonds. The molecule has 1 aromatic rings. The Balaban J connectivity index is 2.67. The number of halogens is 2. The predicted molar refractivity (Wildman–Crippen MR) is 63.4 cm³/mol. The summed E-state index contributed by atoms with van der Waals surface area (Å²) in [6.07, 6.45) is 3.60. The van der Waals surface area contributed by atoms with Gasteiger partial charge in [0.05, 0.1) is 0 Å². The molecule has 0 bridgehead atoms. The van der Waals surface area contributed by atoms with E-state index in [2.05, 4.69) is 26.2 Å². The molecule has 1 unspecified atom stereocenters. The molecule has 1 rings (SSSR count). The van der Waals surface area contributed by atoms with Gasteiger partial charge in [0, 0.05) is 22.5 Å². The van der Waals surface area contributed by atoms with Crippen LogP contribution < -0.4 is 5.32 Å². The first-order valence-corrected chi connectivity index (χ1v) is 6.38. The van der Waals surface area contributed by atoms with Crippen LogP contribution in [0.1, 0.15) is 6.92 Å². The predicted octanol–water partition coefficient (Wildman–Crippen LogP) is 3.15. The van der Waals surface area contributed by atoms with E-state index < -0.39 is 0 Å². The van der Waals surface area contributed by atoms with Crippen molar-refractivity contribution >= 4 is 33.5 Å². The number of hydrogen-bond acceptors (Lipinski definition) is 3. The average molecular weight is 279 g/mol. The second-order valence-corrected chi connectivity index (χ2v) is 4.81. The molecular formula is C9H12BrFN2S. The quantitative estimate of drug-likeness (QED) is 0.916. The highest BCUT2D eigenvalue weighted by Crippen LogP contribution is 2.17. The fourth-order valence-electron chi connectivity index (χ4n) is 1.05. The number of hydrogen-bond donors (Lipinski definition) is 1. The van der Waals surface area contributed by atoms with Crippen LogP contribution in [0.2, 0.25) is 0 Å². The number of thioether (sulfide) groups is 1. The van der Waals surface area contributed by atoms with Crippen molar-refractivity contribution in [2.45, 2.75) is 13.0 Å². The van der Waals surface area contributed by atoms with E-state index in [1.807, 2.05) is 13.2 Å². The number of nitrogens with one attached hydrogen (secondary N) is 1. The highest BCUT2D eigenvalue weighted by molar-refractivity contribution is 9.10. The fourth-order valence-corrected chi connectivity index (χ4v) is 1.93. The first-order valence-electron chi connectivity index (χ1n) is 4.20. The van der Waals surface area contributed by atoms with Gasteiger partial charge in [0.1, 0.15) is 0 Å². The molecule has 0 saturated heterocycles. The topological polar surface area (TPSA) is 24.9 Å². The van der Waals surface area contributed by atoms with Crippen molar-refractivity contribution in [1.82, 2.24) is 4.98 Å². The van der Waals surface area contributed by atoms with Crippen molar-refractivity contribution in [3.8, 4) is 0 Å². The van der Waals surface area contributed by atoms with Gasteiger partial charge < -0.3 is 5.32 Å². The molecule has 1 N–H and O–H groups in total. The van der Waals surface area contributed by atoms with Crippen LogP contribution in [0.4, 0.5) is 10.2 Å². The van der Waals surface area contributed by atoms with Crippen LogP contribution in [0.25, 0.3) is 0 Å². The Hall–Kier alpha value is -0.290. The van der Waals surface area contributed by atoms with E-state index in [0.717, 1.165) is 5.75 Å². The van der Waals surface area contributed by atoms with E-state index in [0.29, 0.717) is 10.3 Å². The molecule has 2 nitrogen and oxygen atoms in total. The van der Waals surface area contributed by atoms with Gasteiger partial charge in [0.15, 0.2) is 11.6 Å². The highest BCUT2D eigenvalue weighted by Gasteiger charge is 2.07. The number of pyridine rings is 1. The van der Waals surface area contributed by atoms with Crippen LogP contribution >= 0.6 is 27.7 Å². The van der Waals surface area contributed by atoms with Crippen molar-refractivity contribution < 1.29 is 4.39 Å². The zero-order chi connectivity index (χ0) is 10.6. The molecule has 0 radical (unpaired) electrons. The molecule has 1 aromatic heterocycles. The third-order valence-corrected chi connectivity index (χ3v) is 2.87. The molecule has 0 aromatic carbocycles. The summed E-state index contributed by atoms with van der Waals surface area (Å²) < 4.78 is 13.9. The maximum absolute atomic E-state index is 13.3. The van der Waals surface area contributed by atoms with Gasteiger partial charge in [-0.15, -0.1) is 0 Å². The monoisotopic (exact) mass is 278 g/mol. The van der Waals surface area contributed by atoms with Crippen molar-refractivity contribution in [3.63, 3.8) is 0 Å². The van der Waals surface area contributed by atoms with Crippen LogP contribution in [-0.2, 0) is 0 Å². The highest BCUT2D eigenvalue weighted by atomic mass is 79.9. The molecule has 0 spiro atoms. The van der Waals surface area contributed by atoms with E-state index >= 15 is 0 Å². The Morgan fingerprint density at radius 1 is 1.71 bits per heavy atom. The van der Waals surface area contributed by atoms with Crippen molar-refractivity contribution in [2.24, 2.45) is 0 Å². The molecule has 0 saturated carbocycles. The zero-order valence-corrected chi connectivity index (χ0v) is 10.5. The molecular weight excluding hydrogens is 267 g/mol. The minimum atomic E-state index is -0.327. The van der Waals surface area contributed by atoms with Gasteiger partial charge in [0.25, 0.3) is 0 Å². The minimum absolute atomic E-state index is 0.216. The van der Waals surface area contributed by atoms with Crippen LogP contribution in [0.15, 0.2) is 16.7 Å². The van der Waals surface area contributed by atoms with Gasteiger partial charge in [-0.05, 0) is 35.2 Å². The molecule has 0 aliphatic heterocycles. The molecule has 1 atom stereocenters. The van der Waals surface area contributed by atoms with Crippen molar-refractivity contribution in [1.29, 1.82) is 0 Å². The lowest BCUT2D eigenvalue weighted by Crippen LogP contribution is -2.19. The Morgan fingerprint density at radius 2 is 2.43 bits per heavy atom. The number of aromatic nitrogens is 1. The summed E-state index contributed by atoms with van der Waals surface area (Å²) in [5.41, 5.74) is 0. The van der Waals surface area contributed by atoms with E-state index in [1.54, 1.807) is 18.0 Å². The standard InChI is InChI=1S/C9H12BrFN2S/c1-6(5-14-2)13-9-8(11)3-7(10)4-12-9/h3-4,6H,5H2,1-2H3,(H,12,13). The third-order valence-electron chi connectivity index (χ3n) is 1.61. The molecule has 14 heavy (non-hydrogen) atoms. The van der Waals surface area contributed by atoms with E-state index in [4.69, 9.17) is 0 Å². The number of anilines is 1. The number of nitrogens with zero attached hydrogens (tertiary/aromatic N) is 1. The summed E-state index contributed by atoms with van der Waals surface area (Å²) in [5, 5.41) is 3.01. The fraction of sp³-hybridized carbons (Fsp3) is 0.444. The van der Waals surface area contributed by atoms with E-state index in [1.165, 1.54) is 6.07 Å². The van der Waals surface area contributed by atoms with Crippen LogP contribution in [0.3, 0.4) is 0 Å². The normalized spacial score (nSPS) is 12.6. The second-order valence-electron chi connectivity index (χ2n) is 2.98. The van der Waals surface area contributed by atoms with Gasteiger partial charge in [-0.1, -0.05) is 0 Å². The van der Waals surface area contributed by atoms with Crippen molar-refractivity contribution in [3.05, 3.63) is 22.6 Å². The molecule has 0 fully saturated rings. The molecule has 0 aliphatic carbocycles. The van der Waals surface area contributed by atoms with Gasteiger partial charge in [-0.3, -0.25) is 0 Å². The Kier molecular flexibility index (Phi) is 4.68. The van der Waals surface area contributed by atoms with Crippen molar-refractivity contribution in [2.75, 3.05) is 17.3 Å². The van der Waals surface area contributed by atoms with Crippen LogP contribution in [-0.4, -0.2) is 23.0 Å². The maximum atomic E-state index is 13.3. The summed E-state index contributed by atoms with van der Waals surface area (Å²) in [6, 6.07) is 1.62. The first-order chi connectivity index (χ1) is 6.63. The molecule has 1 heterocycles. The smallest absolute Gasteiger partial charge is 0.166 e. The van der Waals surface area contributed by atoms with Crippen LogP contribution in [0.5, 0.6) is 0 Å². The van der Waals surface area contributed by atoms with E-state index in [-0.39, 0.29) is 11.9 Å². The lowest BCUT2D eigenvalue weighted by Gasteiger charge is -2.13. The molecule has 78 valence electrons. The minimum Gasteiger partial charge on any atom is -0.364 e.